The van der Waals surface area contributed by atoms with Gasteiger partial charge in [0.1, 0.15) is 0 Å². The van der Waals surface area contributed by atoms with Crippen molar-refractivity contribution in [1.82, 2.24) is 9.97 Å². The molecule has 2 saturated heterocycles. The third-order valence-electron chi connectivity index (χ3n) is 4.63. The fourth-order valence-corrected chi connectivity index (χ4v) is 4.11. The lowest BCUT2D eigenvalue weighted by Crippen LogP contribution is -2.31. The monoisotopic (exact) mass is 314 g/mol. The van der Waals surface area contributed by atoms with Crippen molar-refractivity contribution in [2.75, 3.05) is 29.4 Å². The van der Waals surface area contributed by atoms with Gasteiger partial charge in [-0.3, -0.25) is 4.79 Å². The molecule has 2 fully saturated rings. The van der Waals surface area contributed by atoms with Crippen LogP contribution in [0.3, 0.4) is 0 Å². The molecule has 22 heavy (non-hydrogen) atoms. The molecule has 4 heterocycles. The number of hydrogen-bond donors (Lipinski definition) is 0. The Morgan fingerprint density at radius 3 is 2.82 bits per heavy atom. The zero-order chi connectivity index (χ0) is 15.2. The van der Waals surface area contributed by atoms with Gasteiger partial charge in [0.15, 0.2) is 0 Å². The summed E-state index contributed by atoms with van der Waals surface area (Å²) in [5, 5.41) is 4.07. The fraction of sp³-hybridized carbons (Fsp3) is 0.438. The highest BCUT2D eigenvalue weighted by Gasteiger charge is 2.48. The van der Waals surface area contributed by atoms with Gasteiger partial charge in [0.05, 0.1) is 5.69 Å². The van der Waals surface area contributed by atoms with E-state index in [1.165, 1.54) is 0 Å². The first-order valence-electron chi connectivity index (χ1n) is 7.51. The van der Waals surface area contributed by atoms with Crippen LogP contribution >= 0.6 is 11.3 Å². The van der Waals surface area contributed by atoms with E-state index in [1.807, 2.05) is 41.0 Å². The highest BCUT2D eigenvalue weighted by Crippen LogP contribution is 2.42. The number of aromatic nitrogens is 2. The van der Waals surface area contributed by atoms with Crippen LogP contribution in [0.5, 0.6) is 0 Å². The predicted octanol–water partition coefficient (Wildman–Crippen LogP) is 2.48. The second-order valence-corrected chi connectivity index (χ2v) is 7.15. The van der Waals surface area contributed by atoms with Crippen molar-refractivity contribution < 1.29 is 4.79 Å². The Morgan fingerprint density at radius 1 is 1.27 bits per heavy atom. The third kappa shape index (κ3) is 2.27. The van der Waals surface area contributed by atoms with Gasteiger partial charge in [0.25, 0.3) is 0 Å². The van der Waals surface area contributed by atoms with Crippen molar-refractivity contribution >= 4 is 28.9 Å². The minimum Gasteiger partial charge on any atom is -0.340 e. The van der Waals surface area contributed by atoms with Crippen molar-refractivity contribution in [2.24, 2.45) is 5.41 Å². The molecule has 2 aromatic rings. The van der Waals surface area contributed by atoms with Crippen LogP contribution in [-0.2, 0) is 4.79 Å². The van der Waals surface area contributed by atoms with Gasteiger partial charge in [-0.2, -0.15) is 11.3 Å². The lowest BCUT2D eigenvalue weighted by Gasteiger charge is -2.23. The number of anilines is 2. The summed E-state index contributed by atoms with van der Waals surface area (Å²) in [4.78, 5) is 25.4. The summed E-state index contributed by atoms with van der Waals surface area (Å²) >= 11 is 1.63. The van der Waals surface area contributed by atoms with E-state index in [4.69, 9.17) is 0 Å². The second-order valence-electron chi connectivity index (χ2n) is 6.37. The zero-order valence-corrected chi connectivity index (χ0v) is 13.3. The van der Waals surface area contributed by atoms with Gasteiger partial charge in [0, 0.05) is 49.2 Å². The third-order valence-corrected chi connectivity index (χ3v) is 5.30. The number of nitrogens with zero attached hydrogens (tertiary/aromatic N) is 4. The maximum absolute atomic E-state index is 12.4. The molecule has 2 aliphatic heterocycles. The molecule has 114 valence electrons. The number of rotatable bonds is 2. The van der Waals surface area contributed by atoms with E-state index in [0.29, 0.717) is 6.42 Å². The summed E-state index contributed by atoms with van der Waals surface area (Å²) in [7, 11) is 0. The number of amides is 1. The van der Waals surface area contributed by atoms with E-state index in [-0.39, 0.29) is 11.3 Å². The molecule has 6 heteroatoms. The number of carbonyl (C=O) groups excluding carboxylic acids is 1. The summed E-state index contributed by atoms with van der Waals surface area (Å²) in [6.45, 7) is 4.59. The SMILES string of the molecule is Cc1cnc(N2CC[C@]3(CC(=O)N(c4ccsc4)C3)C2)nc1. The van der Waals surface area contributed by atoms with Gasteiger partial charge in [-0.25, -0.2) is 9.97 Å². The van der Waals surface area contributed by atoms with E-state index in [0.717, 1.165) is 43.3 Å². The summed E-state index contributed by atoms with van der Waals surface area (Å²) in [6.07, 6.45) is 5.36. The normalized spacial score (nSPS) is 24.7. The average molecular weight is 314 g/mol. The van der Waals surface area contributed by atoms with Crippen molar-refractivity contribution in [2.45, 2.75) is 19.8 Å². The van der Waals surface area contributed by atoms with E-state index in [1.54, 1.807) is 11.3 Å². The molecule has 0 saturated carbocycles. The molecule has 0 aromatic carbocycles. The van der Waals surface area contributed by atoms with Crippen LogP contribution in [0, 0.1) is 12.3 Å². The molecular weight excluding hydrogens is 296 g/mol. The molecule has 0 N–H and O–H groups in total. The number of thiophene rings is 1. The Bertz CT molecular complexity index is 685. The van der Waals surface area contributed by atoms with Crippen LogP contribution in [0.1, 0.15) is 18.4 Å². The molecule has 0 aliphatic carbocycles. The van der Waals surface area contributed by atoms with Gasteiger partial charge in [-0.05, 0) is 30.4 Å². The van der Waals surface area contributed by atoms with E-state index < -0.39 is 0 Å². The van der Waals surface area contributed by atoms with E-state index in [2.05, 4.69) is 14.9 Å². The minimum atomic E-state index is 0.0489. The van der Waals surface area contributed by atoms with Crippen molar-refractivity contribution in [3.63, 3.8) is 0 Å². The molecule has 1 atom stereocenters. The average Bonchev–Trinajstić information content (AvgIpc) is 3.21. The van der Waals surface area contributed by atoms with E-state index >= 15 is 0 Å². The maximum atomic E-state index is 12.4. The number of aryl methyl sites for hydroxylation is 1. The van der Waals surface area contributed by atoms with Gasteiger partial charge in [-0.1, -0.05) is 0 Å². The second kappa shape index (κ2) is 5.05. The molecule has 2 aromatic heterocycles. The smallest absolute Gasteiger partial charge is 0.227 e. The summed E-state index contributed by atoms with van der Waals surface area (Å²) < 4.78 is 0. The quantitative estimate of drug-likeness (QED) is 0.854. The van der Waals surface area contributed by atoms with Crippen LogP contribution in [0.2, 0.25) is 0 Å². The van der Waals surface area contributed by atoms with Crippen molar-refractivity contribution in [3.05, 3.63) is 34.8 Å². The number of carbonyl (C=O) groups is 1. The Hall–Kier alpha value is -1.95. The van der Waals surface area contributed by atoms with Gasteiger partial charge in [0.2, 0.25) is 11.9 Å². The maximum Gasteiger partial charge on any atom is 0.227 e. The highest BCUT2D eigenvalue weighted by atomic mass is 32.1. The molecule has 0 bridgehead atoms. The van der Waals surface area contributed by atoms with Gasteiger partial charge < -0.3 is 9.80 Å². The van der Waals surface area contributed by atoms with Crippen LogP contribution in [0.15, 0.2) is 29.2 Å². The summed E-state index contributed by atoms with van der Waals surface area (Å²) in [5.74, 6) is 1.02. The van der Waals surface area contributed by atoms with Crippen LogP contribution in [0.25, 0.3) is 0 Å². The van der Waals surface area contributed by atoms with E-state index in [9.17, 15) is 4.79 Å². The lowest BCUT2D eigenvalue weighted by molar-refractivity contribution is -0.117. The number of hydrogen-bond acceptors (Lipinski definition) is 5. The van der Waals surface area contributed by atoms with Crippen molar-refractivity contribution in [3.8, 4) is 0 Å². The van der Waals surface area contributed by atoms with Crippen LogP contribution in [-0.4, -0.2) is 35.5 Å². The predicted molar refractivity (Wildman–Crippen MR) is 87.3 cm³/mol. The molecule has 0 radical (unpaired) electrons. The zero-order valence-electron chi connectivity index (χ0n) is 12.5. The first-order chi connectivity index (χ1) is 10.7. The molecule has 2 aliphatic rings. The Kier molecular flexibility index (Phi) is 3.14. The topological polar surface area (TPSA) is 49.3 Å². The molecule has 1 spiro atoms. The van der Waals surface area contributed by atoms with Crippen LogP contribution in [0.4, 0.5) is 11.6 Å². The largest absolute Gasteiger partial charge is 0.340 e. The highest BCUT2D eigenvalue weighted by molar-refractivity contribution is 7.08. The van der Waals surface area contributed by atoms with Gasteiger partial charge in [-0.15, -0.1) is 0 Å². The van der Waals surface area contributed by atoms with Crippen LogP contribution < -0.4 is 9.80 Å². The van der Waals surface area contributed by atoms with Crippen molar-refractivity contribution in [1.29, 1.82) is 0 Å². The minimum absolute atomic E-state index is 0.0489. The Balaban J connectivity index is 1.52. The Labute approximate surface area is 133 Å². The lowest BCUT2D eigenvalue weighted by atomic mass is 9.86. The molecule has 0 unspecified atom stereocenters. The van der Waals surface area contributed by atoms with Gasteiger partial charge >= 0.3 is 0 Å². The first-order valence-corrected chi connectivity index (χ1v) is 8.46. The summed E-state index contributed by atoms with van der Waals surface area (Å²) in [6, 6.07) is 2.03. The molecule has 4 rings (SSSR count). The first kappa shape index (κ1) is 13.7. The fourth-order valence-electron chi connectivity index (χ4n) is 3.47. The standard InChI is InChI=1S/C16H18N4OS/c1-12-7-17-15(18-8-12)19-4-3-16(10-19)6-14(21)20(11-16)13-2-5-22-9-13/h2,5,7-9H,3-4,6,10-11H2,1H3/t16-/m0/s1. The summed E-state index contributed by atoms with van der Waals surface area (Å²) in [5.41, 5.74) is 2.15. The molecular formula is C16H18N4OS. The Morgan fingerprint density at radius 2 is 2.09 bits per heavy atom. The molecule has 5 nitrogen and oxygen atoms in total. The molecule has 1 amide bonds.